The fourth-order valence-electron chi connectivity index (χ4n) is 5.22. The van der Waals surface area contributed by atoms with Crippen molar-refractivity contribution >= 4 is 33.3 Å². The highest BCUT2D eigenvalue weighted by atomic mass is 33.1. The molecule has 0 aliphatic carbocycles. The molecule has 37 heavy (non-hydrogen) atoms. The van der Waals surface area contributed by atoms with E-state index in [4.69, 9.17) is 5.73 Å². The standard InChI is InChI=1S/C16H25NOS2.C15H19NO/c1-12(2)9-15(17)11-19-20-16(13(3)18)10-14-7-5-4-6-8-14;1-11-10-12-6-2-3-7-13(12)14-8-4-5-9-16(14)15(11)17/h4-8,12,15-16H,9-11,17H2,1-3H3;2-3,6-7,11,14H,4-5,8-10H2,1H3/t15?,16-;/m1./s1. The number of rotatable bonds is 9. The van der Waals surface area contributed by atoms with Gasteiger partial charge in [0.05, 0.1) is 11.3 Å². The van der Waals surface area contributed by atoms with Crippen molar-refractivity contribution in [1.82, 2.24) is 4.90 Å². The second-order valence-electron chi connectivity index (χ2n) is 10.9. The normalized spacial score (nSPS) is 20.7. The van der Waals surface area contributed by atoms with Crippen LogP contribution in [0.1, 0.15) is 76.1 Å². The van der Waals surface area contributed by atoms with Gasteiger partial charge >= 0.3 is 0 Å². The van der Waals surface area contributed by atoms with Gasteiger partial charge in [0.2, 0.25) is 5.91 Å². The topological polar surface area (TPSA) is 63.4 Å². The molecule has 0 radical (unpaired) electrons. The van der Waals surface area contributed by atoms with Gasteiger partial charge in [-0.25, -0.2) is 0 Å². The smallest absolute Gasteiger partial charge is 0.226 e. The molecule has 3 unspecified atom stereocenters. The second-order valence-corrected chi connectivity index (χ2v) is 13.5. The first-order valence-corrected chi connectivity index (χ1v) is 16.1. The quantitative estimate of drug-likeness (QED) is 0.352. The molecular formula is C31H44N2O2S2. The number of hydrogen-bond acceptors (Lipinski definition) is 5. The molecule has 1 amide bonds. The largest absolute Gasteiger partial charge is 0.335 e. The van der Waals surface area contributed by atoms with E-state index in [9.17, 15) is 9.59 Å². The lowest BCUT2D eigenvalue weighted by molar-refractivity contribution is -0.138. The molecule has 1 fully saturated rings. The number of carbonyl (C=O) groups excluding carboxylic acids is 2. The molecule has 0 spiro atoms. The second kappa shape index (κ2) is 15.0. The molecule has 2 aromatic carbocycles. The molecule has 0 aromatic heterocycles. The van der Waals surface area contributed by atoms with Crippen molar-refractivity contribution in [3.8, 4) is 0 Å². The maximum Gasteiger partial charge on any atom is 0.226 e. The minimum Gasteiger partial charge on any atom is -0.335 e. The van der Waals surface area contributed by atoms with Crippen molar-refractivity contribution in [3.05, 3.63) is 71.3 Å². The van der Waals surface area contributed by atoms with Crippen molar-refractivity contribution in [2.45, 2.75) is 83.6 Å². The lowest BCUT2D eigenvalue weighted by Crippen LogP contribution is -2.40. The molecule has 2 aliphatic heterocycles. The Balaban J connectivity index is 0.000000207. The zero-order valence-corrected chi connectivity index (χ0v) is 24.5. The number of carbonyl (C=O) groups is 2. The van der Waals surface area contributed by atoms with Crippen LogP contribution in [-0.2, 0) is 22.4 Å². The molecule has 202 valence electrons. The van der Waals surface area contributed by atoms with Crippen molar-refractivity contribution in [2.75, 3.05) is 12.3 Å². The highest BCUT2D eigenvalue weighted by Crippen LogP contribution is 2.37. The van der Waals surface area contributed by atoms with Gasteiger partial charge in [-0.1, -0.05) is 97.0 Å². The Kier molecular flexibility index (Phi) is 12.1. The van der Waals surface area contributed by atoms with Crippen LogP contribution in [0.15, 0.2) is 54.6 Å². The number of benzene rings is 2. The average molecular weight is 541 g/mol. The molecule has 2 heterocycles. The minimum atomic E-state index is 0.0219. The minimum absolute atomic E-state index is 0.0219. The molecule has 1 saturated heterocycles. The summed E-state index contributed by atoms with van der Waals surface area (Å²) in [5.74, 6) is 2.26. The van der Waals surface area contributed by atoms with E-state index >= 15 is 0 Å². The summed E-state index contributed by atoms with van der Waals surface area (Å²) >= 11 is 0. The van der Waals surface area contributed by atoms with Crippen LogP contribution in [0.2, 0.25) is 0 Å². The molecule has 4 atom stereocenters. The number of nitrogens with zero attached hydrogens (tertiary/aromatic N) is 1. The first kappa shape index (κ1) is 29.8. The van der Waals surface area contributed by atoms with Crippen molar-refractivity contribution < 1.29 is 9.59 Å². The lowest BCUT2D eigenvalue weighted by atomic mass is 9.92. The van der Waals surface area contributed by atoms with Crippen LogP contribution >= 0.6 is 21.6 Å². The Bertz CT molecular complexity index is 998. The third kappa shape index (κ3) is 9.19. The summed E-state index contributed by atoms with van der Waals surface area (Å²) in [7, 11) is 3.40. The van der Waals surface area contributed by atoms with E-state index in [1.807, 2.05) is 18.2 Å². The third-order valence-corrected chi connectivity index (χ3v) is 10.1. The Labute approximate surface area is 231 Å². The summed E-state index contributed by atoms with van der Waals surface area (Å²) in [6, 6.07) is 19.3. The van der Waals surface area contributed by atoms with Crippen molar-refractivity contribution in [3.63, 3.8) is 0 Å². The van der Waals surface area contributed by atoms with Crippen LogP contribution in [0.5, 0.6) is 0 Å². The van der Waals surface area contributed by atoms with Gasteiger partial charge < -0.3 is 10.6 Å². The van der Waals surface area contributed by atoms with Crippen molar-refractivity contribution in [2.24, 2.45) is 17.6 Å². The Morgan fingerprint density at radius 2 is 1.78 bits per heavy atom. The zero-order chi connectivity index (χ0) is 26.8. The van der Waals surface area contributed by atoms with Gasteiger partial charge in [0, 0.05) is 24.3 Å². The van der Waals surface area contributed by atoms with E-state index in [2.05, 4.69) is 62.1 Å². The van der Waals surface area contributed by atoms with Gasteiger partial charge in [-0.3, -0.25) is 9.59 Å². The monoisotopic (exact) mass is 540 g/mol. The molecular weight excluding hydrogens is 496 g/mol. The van der Waals surface area contributed by atoms with E-state index in [1.165, 1.54) is 23.1 Å². The van der Waals surface area contributed by atoms with Gasteiger partial charge in [0.15, 0.2) is 0 Å². The third-order valence-electron chi connectivity index (χ3n) is 7.11. The highest BCUT2D eigenvalue weighted by molar-refractivity contribution is 8.77. The predicted molar refractivity (Wildman–Crippen MR) is 160 cm³/mol. The fourth-order valence-corrected chi connectivity index (χ4v) is 8.03. The molecule has 0 saturated carbocycles. The average Bonchev–Trinajstić information content (AvgIpc) is 2.98. The molecule has 2 aliphatic rings. The number of nitrogens with two attached hydrogens (primary N) is 1. The van der Waals surface area contributed by atoms with Crippen molar-refractivity contribution in [1.29, 1.82) is 0 Å². The van der Waals surface area contributed by atoms with E-state index in [1.54, 1.807) is 28.5 Å². The number of amides is 1. The maximum atomic E-state index is 12.4. The maximum absolute atomic E-state index is 12.4. The van der Waals surface area contributed by atoms with E-state index in [0.29, 0.717) is 17.9 Å². The summed E-state index contributed by atoms with van der Waals surface area (Å²) in [5.41, 5.74) is 10.1. The summed E-state index contributed by atoms with van der Waals surface area (Å²) in [5, 5.41) is 0.0219. The molecule has 4 nitrogen and oxygen atoms in total. The van der Waals surface area contributed by atoms with Crippen LogP contribution in [0.25, 0.3) is 0 Å². The first-order chi connectivity index (χ1) is 17.8. The van der Waals surface area contributed by atoms with Gasteiger partial charge in [-0.15, -0.1) is 0 Å². The van der Waals surface area contributed by atoms with Gasteiger partial charge in [-0.05, 0) is 68.1 Å². The Morgan fingerprint density at radius 3 is 2.49 bits per heavy atom. The lowest BCUT2D eigenvalue weighted by Gasteiger charge is -2.36. The van der Waals surface area contributed by atoms with E-state index in [0.717, 1.165) is 44.4 Å². The molecule has 4 rings (SSSR count). The van der Waals surface area contributed by atoms with Crippen LogP contribution in [0.3, 0.4) is 0 Å². The molecule has 0 bridgehead atoms. The molecule has 6 heteroatoms. The number of piperidine rings is 1. The Hall–Kier alpha value is -1.76. The van der Waals surface area contributed by atoms with Gasteiger partial charge in [0.25, 0.3) is 0 Å². The fraction of sp³-hybridized carbons (Fsp3) is 0.548. The number of Topliss-reactive ketones (excluding diaryl/α,β-unsaturated/α-hetero) is 1. The number of fused-ring (bicyclic) bond motifs is 3. The van der Waals surface area contributed by atoms with Crippen LogP contribution in [-0.4, -0.2) is 40.2 Å². The highest BCUT2D eigenvalue weighted by Gasteiger charge is 2.34. The molecule has 2 N–H and O–H groups in total. The van der Waals surface area contributed by atoms with Crippen LogP contribution < -0.4 is 5.73 Å². The SMILES string of the molecule is CC(=O)[C@@H](Cc1ccccc1)SSCC(N)CC(C)C.CC1Cc2ccccc2C2CCCCN2C1=O. The van der Waals surface area contributed by atoms with Gasteiger partial charge in [0.1, 0.15) is 5.78 Å². The Morgan fingerprint density at radius 1 is 1.08 bits per heavy atom. The summed E-state index contributed by atoms with van der Waals surface area (Å²) in [4.78, 5) is 26.2. The molecule has 2 aromatic rings. The summed E-state index contributed by atoms with van der Waals surface area (Å²) in [6.45, 7) is 9.06. The van der Waals surface area contributed by atoms with E-state index < -0.39 is 0 Å². The summed E-state index contributed by atoms with van der Waals surface area (Å²) in [6.07, 6.45) is 6.29. The number of hydrogen-bond donors (Lipinski definition) is 1. The van der Waals surface area contributed by atoms with E-state index in [-0.39, 0.29) is 23.0 Å². The predicted octanol–water partition coefficient (Wildman–Crippen LogP) is 6.87. The van der Waals surface area contributed by atoms with Crippen LogP contribution in [0, 0.1) is 11.8 Å². The van der Waals surface area contributed by atoms with Crippen LogP contribution in [0.4, 0.5) is 0 Å². The first-order valence-electron chi connectivity index (χ1n) is 13.7. The zero-order valence-electron chi connectivity index (χ0n) is 22.9. The summed E-state index contributed by atoms with van der Waals surface area (Å²) < 4.78 is 0. The van der Waals surface area contributed by atoms with Gasteiger partial charge in [-0.2, -0.15) is 0 Å². The number of ketones is 1.